The molecular formula is C16H25NO. The van der Waals surface area contributed by atoms with Gasteiger partial charge in [-0.1, -0.05) is 36.8 Å². The van der Waals surface area contributed by atoms with E-state index >= 15 is 0 Å². The molecule has 0 radical (unpaired) electrons. The summed E-state index contributed by atoms with van der Waals surface area (Å²) in [5.41, 5.74) is 1.26. The molecule has 2 rings (SSSR count). The molecule has 0 heterocycles. The lowest BCUT2D eigenvalue weighted by molar-refractivity contribution is 0.0400. The van der Waals surface area contributed by atoms with Crippen molar-refractivity contribution >= 4 is 0 Å². The van der Waals surface area contributed by atoms with Gasteiger partial charge in [0.15, 0.2) is 0 Å². The fourth-order valence-corrected chi connectivity index (χ4v) is 2.51. The average Bonchev–Trinajstić information content (AvgIpc) is 2.31. The van der Waals surface area contributed by atoms with E-state index in [1.165, 1.54) is 24.8 Å². The zero-order valence-corrected chi connectivity index (χ0v) is 11.6. The van der Waals surface area contributed by atoms with Gasteiger partial charge in [-0.25, -0.2) is 0 Å². The van der Waals surface area contributed by atoms with Crippen LogP contribution in [0.15, 0.2) is 30.3 Å². The molecule has 1 saturated carbocycles. The maximum absolute atomic E-state index is 5.78. The van der Waals surface area contributed by atoms with Gasteiger partial charge in [-0.2, -0.15) is 0 Å². The Labute approximate surface area is 111 Å². The van der Waals surface area contributed by atoms with Crippen molar-refractivity contribution in [1.82, 2.24) is 4.90 Å². The van der Waals surface area contributed by atoms with Crippen molar-refractivity contribution in [2.24, 2.45) is 0 Å². The third-order valence-electron chi connectivity index (χ3n) is 3.81. The summed E-state index contributed by atoms with van der Waals surface area (Å²) >= 11 is 0. The minimum atomic E-state index is 0.635. The van der Waals surface area contributed by atoms with Gasteiger partial charge in [0.1, 0.15) is 0 Å². The van der Waals surface area contributed by atoms with Gasteiger partial charge in [-0.15, -0.1) is 0 Å². The molecule has 1 aliphatic rings. The Morgan fingerprint density at radius 1 is 1.22 bits per heavy atom. The second kappa shape index (κ2) is 6.91. The van der Waals surface area contributed by atoms with Crippen molar-refractivity contribution in [2.45, 2.75) is 51.8 Å². The minimum Gasteiger partial charge on any atom is -0.375 e. The molecule has 0 aromatic heterocycles. The van der Waals surface area contributed by atoms with E-state index in [-0.39, 0.29) is 0 Å². The van der Waals surface area contributed by atoms with Crippen LogP contribution in [0.25, 0.3) is 0 Å². The summed E-state index contributed by atoms with van der Waals surface area (Å²) in [6.45, 7) is 7.21. The highest BCUT2D eigenvalue weighted by Crippen LogP contribution is 2.26. The molecule has 1 aromatic rings. The van der Waals surface area contributed by atoms with E-state index in [4.69, 9.17) is 4.74 Å². The Hall–Kier alpha value is -0.860. The molecule has 18 heavy (non-hydrogen) atoms. The zero-order valence-electron chi connectivity index (χ0n) is 11.6. The van der Waals surface area contributed by atoms with E-state index in [9.17, 15) is 0 Å². The van der Waals surface area contributed by atoms with E-state index in [0.29, 0.717) is 6.04 Å². The van der Waals surface area contributed by atoms with Crippen LogP contribution in [0, 0.1) is 0 Å². The number of benzene rings is 1. The van der Waals surface area contributed by atoms with Crippen LogP contribution in [0.2, 0.25) is 0 Å². The number of hydrogen-bond donors (Lipinski definition) is 0. The van der Waals surface area contributed by atoms with Gasteiger partial charge in [-0.3, -0.25) is 4.90 Å². The van der Waals surface area contributed by atoms with Gasteiger partial charge in [0, 0.05) is 18.6 Å². The summed E-state index contributed by atoms with van der Waals surface area (Å²) in [4.78, 5) is 2.59. The van der Waals surface area contributed by atoms with Crippen LogP contribution in [-0.4, -0.2) is 30.1 Å². The Kier molecular flexibility index (Phi) is 5.21. The molecule has 2 nitrogen and oxygen atoms in total. The highest BCUT2D eigenvalue weighted by Gasteiger charge is 2.26. The van der Waals surface area contributed by atoms with Crippen molar-refractivity contribution in [2.75, 3.05) is 13.2 Å². The second-order valence-corrected chi connectivity index (χ2v) is 5.45. The van der Waals surface area contributed by atoms with E-state index in [1.807, 2.05) is 6.07 Å². The Morgan fingerprint density at radius 3 is 2.50 bits per heavy atom. The predicted molar refractivity (Wildman–Crippen MR) is 75.6 cm³/mol. The molecule has 0 aliphatic heterocycles. The smallest absolute Gasteiger partial charge is 0.0717 e. The molecule has 0 atom stereocenters. The van der Waals surface area contributed by atoms with Crippen LogP contribution >= 0.6 is 0 Å². The summed E-state index contributed by atoms with van der Waals surface area (Å²) in [6, 6.07) is 11.8. The molecule has 0 unspecified atom stereocenters. The summed E-state index contributed by atoms with van der Waals surface area (Å²) in [7, 11) is 0. The third-order valence-corrected chi connectivity index (χ3v) is 3.81. The summed E-state index contributed by atoms with van der Waals surface area (Å²) in [6.07, 6.45) is 4.15. The first-order valence-corrected chi connectivity index (χ1v) is 7.15. The lowest BCUT2D eigenvalue weighted by atomic mass is 9.90. The maximum Gasteiger partial charge on any atom is 0.0717 e. The van der Waals surface area contributed by atoms with E-state index in [1.54, 1.807) is 0 Å². The van der Waals surface area contributed by atoms with Crippen LogP contribution in [0.3, 0.4) is 0 Å². The first-order chi connectivity index (χ1) is 8.77. The molecular weight excluding hydrogens is 222 g/mol. The molecule has 1 fully saturated rings. The number of nitrogens with zero attached hydrogens (tertiary/aromatic N) is 1. The monoisotopic (exact) mass is 247 g/mol. The third kappa shape index (κ3) is 3.82. The molecule has 2 heteroatoms. The number of ether oxygens (including phenoxy) is 1. The quantitative estimate of drug-likeness (QED) is 0.684. The molecule has 0 N–H and O–H groups in total. The molecule has 0 amide bonds. The van der Waals surface area contributed by atoms with Crippen molar-refractivity contribution in [3.05, 3.63) is 35.9 Å². The zero-order chi connectivity index (χ0) is 12.8. The second-order valence-electron chi connectivity index (χ2n) is 5.45. The lowest BCUT2D eigenvalue weighted by Crippen LogP contribution is -2.45. The fraction of sp³-hybridized carbons (Fsp3) is 0.625. The van der Waals surface area contributed by atoms with Crippen molar-refractivity contribution < 1.29 is 4.74 Å². The summed E-state index contributed by atoms with van der Waals surface area (Å²) in [5, 5.41) is 0. The van der Waals surface area contributed by atoms with Crippen LogP contribution < -0.4 is 0 Å². The number of rotatable bonds is 7. The van der Waals surface area contributed by atoms with Gasteiger partial charge in [-0.05, 0) is 32.3 Å². The topological polar surface area (TPSA) is 12.5 Å². The normalized spacial score (nSPS) is 16.2. The standard InChI is InChI=1S/C16H25NO/c1-14(2)17(16-9-6-10-16)11-12-18-13-15-7-4-3-5-8-15/h3-5,7-8,14,16H,6,9-13H2,1-2H3. The Balaban J connectivity index is 1.67. The number of hydrogen-bond acceptors (Lipinski definition) is 2. The highest BCUT2D eigenvalue weighted by molar-refractivity contribution is 5.13. The molecule has 0 saturated heterocycles. The highest BCUT2D eigenvalue weighted by atomic mass is 16.5. The van der Waals surface area contributed by atoms with Gasteiger partial charge < -0.3 is 4.74 Å². The van der Waals surface area contributed by atoms with Crippen molar-refractivity contribution in [3.8, 4) is 0 Å². The van der Waals surface area contributed by atoms with Crippen LogP contribution in [0.1, 0.15) is 38.7 Å². The lowest BCUT2D eigenvalue weighted by Gasteiger charge is -2.40. The molecule has 0 bridgehead atoms. The van der Waals surface area contributed by atoms with Gasteiger partial charge in [0.25, 0.3) is 0 Å². The first-order valence-electron chi connectivity index (χ1n) is 7.15. The molecule has 0 spiro atoms. The van der Waals surface area contributed by atoms with Gasteiger partial charge in [0.2, 0.25) is 0 Å². The fourth-order valence-electron chi connectivity index (χ4n) is 2.51. The molecule has 1 aromatic carbocycles. The van der Waals surface area contributed by atoms with E-state index in [0.717, 1.165) is 25.8 Å². The van der Waals surface area contributed by atoms with Crippen LogP contribution in [0.4, 0.5) is 0 Å². The van der Waals surface area contributed by atoms with Gasteiger partial charge in [0.05, 0.1) is 13.2 Å². The van der Waals surface area contributed by atoms with Crippen molar-refractivity contribution in [3.63, 3.8) is 0 Å². The largest absolute Gasteiger partial charge is 0.375 e. The molecule has 1 aliphatic carbocycles. The van der Waals surface area contributed by atoms with Gasteiger partial charge >= 0.3 is 0 Å². The van der Waals surface area contributed by atoms with Crippen LogP contribution in [0.5, 0.6) is 0 Å². The van der Waals surface area contributed by atoms with Crippen LogP contribution in [-0.2, 0) is 11.3 Å². The van der Waals surface area contributed by atoms with E-state index in [2.05, 4.69) is 43.0 Å². The minimum absolute atomic E-state index is 0.635. The first kappa shape index (κ1) is 13.6. The Bertz CT molecular complexity index is 332. The maximum atomic E-state index is 5.78. The van der Waals surface area contributed by atoms with Crippen molar-refractivity contribution in [1.29, 1.82) is 0 Å². The summed E-state index contributed by atoms with van der Waals surface area (Å²) in [5.74, 6) is 0. The van der Waals surface area contributed by atoms with E-state index < -0.39 is 0 Å². The molecule has 100 valence electrons. The Morgan fingerprint density at radius 2 is 1.94 bits per heavy atom. The average molecular weight is 247 g/mol. The summed E-state index contributed by atoms with van der Waals surface area (Å²) < 4.78 is 5.78. The predicted octanol–water partition coefficient (Wildman–Crippen LogP) is 3.47. The SMILES string of the molecule is CC(C)N(CCOCc1ccccc1)C1CCC1.